The van der Waals surface area contributed by atoms with Crippen molar-refractivity contribution in [1.82, 2.24) is 15.3 Å². The van der Waals surface area contributed by atoms with Crippen LogP contribution in [0.25, 0.3) is 0 Å². The van der Waals surface area contributed by atoms with Gasteiger partial charge in [0.15, 0.2) is 0 Å². The summed E-state index contributed by atoms with van der Waals surface area (Å²) in [6.07, 6.45) is 3.80. The molecular weight excluding hydrogens is 236 g/mol. The van der Waals surface area contributed by atoms with Crippen LogP contribution >= 0.6 is 0 Å². The van der Waals surface area contributed by atoms with Gasteiger partial charge in [0.05, 0.1) is 0 Å². The number of nitrogens with one attached hydrogen (secondary N) is 1. The standard InChI is InChI=1S/C15H26N4/c1-7-8-19(12(4)5)15-17-10-14(13(6)18-15)9-16-11(2)3/h7,10-12,16H,1,8-9H2,2-6H3. The summed E-state index contributed by atoms with van der Waals surface area (Å²) in [6.45, 7) is 15.9. The number of nitrogens with zero attached hydrogens (tertiary/aromatic N) is 3. The molecule has 0 atom stereocenters. The largest absolute Gasteiger partial charge is 0.335 e. The van der Waals surface area contributed by atoms with Crippen molar-refractivity contribution < 1.29 is 0 Å². The molecule has 0 amide bonds. The van der Waals surface area contributed by atoms with Crippen molar-refractivity contribution in [2.45, 2.75) is 53.2 Å². The average molecular weight is 262 g/mol. The van der Waals surface area contributed by atoms with Crippen LogP contribution in [0.2, 0.25) is 0 Å². The fraction of sp³-hybridized carbons (Fsp3) is 0.600. The van der Waals surface area contributed by atoms with Crippen molar-refractivity contribution in [2.75, 3.05) is 11.4 Å². The Kier molecular flexibility index (Phi) is 5.96. The molecule has 0 aromatic carbocycles. The molecule has 1 N–H and O–H groups in total. The molecule has 106 valence electrons. The van der Waals surface area contributed by atoms with Crippen LogP contribution in [0.15, 0.2) is 18.9 Å². The van der Waals surface area contributed by atoms with Gasteiger partial charge >= 0.3 is 0 Å². The van der Waals surface area contributed by atoms with Crippen molar-refractivity contribution >= 4 is 5.95 Å². The summed E-state index contributed by atoms with van der Waals surface area (Å²) in [5.41, 5.74) is 2.19. The van der Waals surface area contributed by atoms with Gasteiger partial charge in [0.25, 0.3) is 0 Å². The molecule has 0 aliphatic carbocycles. The molecule has 0 spiro atoms. The molecule has 1 heterocycles. The zero-order valence-electron chi connectivity index (χ0n) is 12.8. The predicted octanol–water partition coefficient (Wildman–Crippen LogP) is 2.68. The van der Waals surface area contributed by atoms with Gasteiger partial charge < -0.3 is 10.2 Å². The molecule has 0 saturated carbocycles. The Labute approximate surface area is 117 Å². The molecule has 0 unspecified atom stereocenters. The molecule has 0 fully saturated rings. The molecule has 0 saturated heterocycles. The minimum Gasteiger partial charge on any atom is -0.335 e. The summed E-state index contributed by atoms with van der Waals surface area (Å²) in [4.78, 5) is 11.2. The molecule has 4 nitrogen and oxygen atoms in total. The van der Waals surface area contributed by atoms with Crippen molar-refractivity contribution in [2.24, 2.45) is 0 Å². The monoisotopic (exact) mass is 262 g/mol. The zero-order valence-corrected chi connectivity index (χ0v) is 12.8. The van der Waals surface area contributed by atoms with Gasteiger partial charge in [-0.25, -0.2) is 9.97 Å². The van der Waals surface area contributed by atoms with Crippen LogP contribution in [0.1, 0.15) is 39.0 Å². The van der Waals surface area contributed by atoms with Crippen molar-refractivity contribution in [3.8, 4) is 0 Å². The summed E-state index contributed by atoms with van der Waals surface area (Å²) in [5, 5.41) is 3.39. The Morgan fingerprint density at radius 3 is 2.53 bits per heavy atom. The molecule has 0 bridgehead atoms. The molecule has 1 aromatic heterocycles. The molecule has 4 heteroatoms. The van der Waals surface area contributed by atoms with Crippen molar-refractivity contribution in [1.29, 1.82) is 0 Å². The van der Waals surface area contributed by atoms with Gasteiger partial charge in [-0.3, -0.25) is 0 Å². The molecule has 19 heavy (non-hydrogen) atoms. The maximum atomic E-state index is 4.62. The minimum atomic E-state index is 0.358. The molecular formula is C15H26N4. The highest BCUT2D eigenvalue weighted by atomic mass is 15.3. The highest BCUT2D eigenvalue weighted by Crippen LogP contribution is 2.14. The van der Waals surface area contributed by atoms with E-state index in [9.17, 15) is 0 Å². The van der Waals surface area contributed by atoms with Crippen LogP contribution in [0.4, 0.5) is 5.95 Å². The second kappa shape index (κ2) is 7.24. The highest BCUT2D eigenvalue weighted by molar-refractivity contribution is 5.34. The number of hydrogen-bond donors (Lipinski definition) is 1. The van der Waals surface area contributed by atoms with E-state index < -0.39 is 0 Å². The topological polar surface area (TPSA) is 41.1 Å². The molecule has 1 aromatic rings. The van der Waals surface area contributed by atoms with Crippen LogP contribution in [0, 0.1) is 6.92 Å². The lowest BCUT2D eigenvalue weighted by atomic mass is 10.2. The van der Waals surface area contributed by atoms with E-state index in [4.69, 9.17) is 0 Å². The van der Waals surface area contributed by atoms with Gasteiger partial charge in [0.1, 0.15) is 0 Å². The fourth-order valence-corrected chi connectivity index (χ4v) is 1.77. The first-order chi connectivity index (χ1) is 8.95. The summed E-state index contributed by atoms with van der Waals surface area (Å²) in [7, 11) is 0. The zero-order chi connectivity index (χ0) is 14.4. The third kappa shape index (κ3) is 4.63. The van der Waals surface area contributed by atoms with Gasteiger partial charge in [0, 0.05) is 42.6 Å². The van der Waals surface area contributed by atoms with E-state index in [1.165, 1.54) is 0 Å². The molecule has 0 aliphatic heterocycles. The van der Waals surface area contributed by atoms with E-state index in [0.717, 1.165) is 30.3 Å². The fourth-order valence-electron chi connectivity index (χ4n) is 1.77. The first-order valence-corrected chi connectivity index (χ1v) is 6.89. The first-order valence-electron chi connectivity index (χ1n) is 6.89. The van der Waals surface area contributed by atoms with E-state index in [1.807, 2.05) is 19.2 Å². The molecule has 0 radical (unpaired) electrons. The molecule has 1 rings (SSSR count). The van der Waals surface area contributed by atoms with Crippen LogP contribution < -0.4 is 10.2 Å². The highest BCUT2D eigenvalue weighted by Gasteiger charge is 2.13. The van der Waals surface area contributed by atoms with Gasteiger partial charge in [0.2, 0.25) is 5.95 Å². The number of anilines is 1. The lowest BCUT2D eigenvalue weighted by molar-refractivity contribution is 0.584. The smallest absolute Gasteiger partial charge is 0.226 e. The number of aryl methyl sites for hydroxylation is 1. The van der Waals surface area contributed by atoms with E-state index in [2.05, 4.69) is 54.5 Å². The lowest BCUT2D eigenvalue weighted by Gasteiger charge is -2.25. The summed E-state index contributed by atoms with van der Waals surface area (Å²) >= 11 is 0. The predicted molar refractivity (Wildman–Crippen MR) is 81.4 cm³/mol. The summed E-state index contributed by atoms with van der Waals surface area (Å²) in [6, 6.07) is 0.823. The maximum Gasteiger partial charge on any atom is 0.226 e. The Hall–Kier alpha value is -1.42. The van der Waals surface area contributed by atoms with Gasteiger partial charge in [-0.05, 0) is 20.8 Å². The molecule has 0 aliphatic rings. The SMILES string of the molecule is C=CCN(c1ncc(CNC(C)C)c(C)n1)C(C)C. The van der Waals surface area contributed by atoms with Crippen molar-refractivity contribution in [3.63, 3.8) is 0 Å². The van der Waals surface area contributed by atoms with Crippen LogP contribution in [0.3, 0.4) is 0 Å². The van der Waals surface area contributed by atoms with E-state index in [-0.39, 0.29) is 0 Å². The Bertz CT molecular complexity index is 413. The Balaban J connectivity index is 2.88. The second-order valence-corrected chi connectivity index (χ2v) is 5.35. The van der Waals surface area contributed by atoms with Crippen molar-refractivity contribution in [3.05, 3.63) is 30.1 Å². The van der Waals surface area contributed by atoms with Crippen LogP contribution in [0.5, 0.6) is 0 Å². The third-order valence-corrected chi connectivity index (χ3v) is 2.98. The Morgan fingerprint density at radius 2 is 2.05 bits per heavy atom. The summed E-state index contributed by atoms with van der Waals surface area (Å²) in [5.74, 6) is 0.778. The van der Waals surface area contributed by atoms with Gasteiger partial charge in [-0.15, -0.1) is 6.58 Å². The second-order valence-electron chi connectivity index (χ2n) is 5.35. The summed E-state index contributed by atoms with van der Waals surface area (Å²) < 4.78 is 0. The maximum absolute atomic E-state index is 4.62. The third-order valence-electron chi connectivity index (χ3n) is 2.98. The first kappa shape index (κ1) is 15.6. The van der Waals surface area contributed by atoms with E-state index in [0.29, 0.717) is 12.1 Å². The van der Waals surface area contributed by atoms with Crippen LogP contribution in [-0.2, 0) is 6.54 Å². The lowest BCUT2D eigenvalue weighted by Crippen LogP contribution is -2.32. The number of aromatic nitrogens is 2. The van der Waals surface area contributed by atoms with E-state index in [1.54, 1.807) is 0 Å². The normalized spacial score (nSPS) is 11.1. The van der Waals surface area contributed by atoms with Crippen LogP contribution in [-0.4, -0.2) is 28.6 Å². The van der Waals surface area contributed by atoms with Gasteiger partial charge in [-0.2, -0.15) is 0 Å². The van der Waals surface area contributed by atoms with Gasteiger partial charge in [-0.1, -0.05) is 19.9 Å². The van der Waals surface area contributed by atoms with E-state index >= 15 is 0 Å². The number of rotatable bonds is 7. The Morgan fingerprint density at radius 1 is 1.37 bits per heavy atom. The number of hydrogen-bond acceptors (Lipinski definition) is 4. The minimum absolute atomic E-state index is 0.358. The quantitative estimate of drug-likeness (QED) is 0.767. The average Bonchev–Trinajstić information content (AvgIpc) is 2.33.